The number of hydrogen-bond donors (Lipinski definition) is 1. The van der Waals surface area contributed by atoms with Crippen molar-refractivity contribution in [2.45, 2.75) is 25.5 Å². The molecule has 0 bridgehead atoms. The van der Waals surface area contributed by atoms with Crippen LogP contribution in [0.4, 0.5) is 0 Å². The fourth-order valence-electron chi connectivity index (χ4n) is 2.48. The summed E-state index contributed by atoms with van der Waals surface area (Å²) in [5.41, 5.74) is 1.09. The average Bonchev–Trinajstić information content (AvgIpc) is 3.07. The third-order valence-electron chi connectivity index (χ3n) is 3.76. The molecule has 22 heavy (non-hydrogen) atoms. The monoisotopic (exact) mass is 317 g/mol. The first-order valence-electron chi connectivity index (χ1n) is 7.63. The van der Waals surface area contributed by atoms with Crippen LogP contribution in [0.3, 0.4) is 0 Å². The first-order valence-corrected chi connectivity index (χ1v) is 8.01. The van der Waals surface area contributed by atoms with Gasteiger partial charge in [-0.05, 0) is 61.3 Å². The summed E-state index contributed by atoms with van der Waals surface area (Å²) >= 11 is 5.86. The topological polar surface area (TPSA) is 30.5 Å². The van der Waals surface area contributed by atoms with Gasteiger partial charge >= 0.3 is 0 Å². The maximum absolute atomic E-state index is 5.86. The van der Waals surface area contributed by atoms with Crippen LogP contribution in [-0.4, -0.2) is 19.2 Å². The van der Waals surface area contributed by atoms with Crippen LogP contribution in [0.2, 0.25) is 5.02 Å². The van der Waals surface area contributed by atoms with Gasteiger partial charge in [0.25, 0.3) is 0 Å². The van der Waals surface area contributed by atoms with Crippen molar-refractivity contribution in [3.8, 4) is 11.5 Å². The van der Waals surface area contributed by atoms with E-state index in [2.05, 4.69) is 5.32 Å². The maximum atomic E-state index is 5.86. The van der Waals surface area contributed by atoms with Gasteiger partial charge in [-0.15, -0.1) is 0 Å². The molecule has 1 fully saturated rings. The largest absolute Gasteiger partial charge is 0.492 e. The minimum absolute atomic E-state index is 0.487. The van der Waals surface area contributed by atoms with E-state index in [1.54, 1.807) is 0 Å². The molecule has 1 saturated heterocycles. The van der Waals surface area contributed by atoms with Crippen molar-refractivity contribution < 1.29 is 9.47 Å². The number of halogens is 1. The van der Waals surface area contributed by atoms with Gasteiger partial charge in [-0.25, -0.2) is 0 Å². The van der Waals surface area contributed by atoms with Crippen LogP contribution < -0.4 is 14.8 Å². The minimum Gasteiger partial charge on any atom is -0.492 e. The molecule has 1 atom stereocenters. The Balaban J connectivity index is 1.47. The smallest absolute Gasteiger partial charge is 0.120 e. The highest BCUT2D eigenvalue weighted by Crippen LogP contribution is 2.20. The second-order valence-corrected chi connectivity index (χ2v) is 5.93. The molecule has 0 aromatic heterocycles. The number of ether oxygens (including phenoxy) is 2. The second-order valence-electron chi connectivity index (χ2n) is 5.49. The van der Waals surface area contributed by atoms with Crippen LogP contribution in [-0.2, 0) is 6.61 Å². The fourth-order valence-corrected chi connectivity index (χ4v) is 2.60. The van der Waals surface area contributed by atoms with Crippen molar-refractivity contribution in [3.63, 3.8) is 0 Å². The Bertz CT molecular complexity index is 577. The van der Waals surface area contributed by atoms with E-state index in [0.717, 1.165) is 35.2 Å². The lowest BCUT2D eigenvalue weighted by Gasteiger charge is -2.12. The number of benzene rings is 2. The summed E-state index contributed by atoms with van der Waals surface area (Å²) < 4.78 is 11.5. The summed E-state index contributed by atoms with van der Waals surface area (Å²) in [5.74, 6) is 1.72. The van der Waals surface area contributed by atoms with E-state index >= 15 is 0 Å². The van der Waals surface area contributed by atoms with Crippen molar-refractivity contribution in [2.75, 3.05) is 13.2 Å². The van der Waals surface area contributed by atoms with Crippen LogP contribution in [0.5, 0.6) is 11.5 Å². The summed E-state index contributed by atoms with van der Waals surface area (Å²) in [6, 6.07) is 15.9. The molecule has 1 heterocycles. The van der Waals surface area contributed by atoms with Crippen LogP contribution in [0, 0.1) is 0 Å². The van der Waals surface area contributed by atoms with Crippen LogP contribution in [0.1, 0.15) is 18.4 Å². The van der Waals surface area contributed by atoms with Gasteiger partial charge in [0, 0.05) is 11.1 Å². The zero-order valence-corrected chi connectivity index (χ0v) is 13.2. The SMILES string of the molecule is Clc1ccc(COc2ccc(OCC3CCCN3)cc2)cc1. The van der Waals surface area contributed by atoms with E-state index in [9.17, 15) is 0 Å². The van der Waals surface area contributed by atoms with E-state index < -0.39 is 0 Å². The highest BCUT2D eigenvalue weighted by Gasteiger charge is 2.14. The zero-order chi connectivity index (χ0) is 15.2. The van der Waals surface area contributed by atoms with Crippen molar-refractivity contribution in [3.05, 3.63) is 59.1 Å². The van der Waals surface area contributed by atoms with Gasteiger partial charge < -0.3 is 14.8 Å². The number of nitrogens with one attached hydrogen (secondary N) is 1. The average molecular weight is 318 g/mol. The molecule has 3 rings (SSSR count). The zero-order valence-electron chi connectivity index (χ0n) is 12.4. The molecule has 4 heteroatoms. The van der Waals surface area contributed by atoms with Gasteiger partial charge in [-0.1, -0.05) is 23.7 Å². The normalized spacial score (nSPS) is 17.4. The van der Waals surface area contributed by atoms with Gasteiger partial charge in [-0.3, -0.25) is 0 Å². The van der Waals surface area contributed by atoms with Crippen molar-refractivity contribution >= 4 is 11.6 Å². The van der Waals surface area contributed by atoms with E-state index in [1.807, 2.05) is 48.5 Å². The lowest BCUT2D eigenvalue weighted by molar-refractivity contribution is 0.275. The molecule has 0 aliphatic carbocycles. The summed E-state index contributed by atoms with van der Waals surface area (Å²) in [4.78, 5) is 0. The van der Waals surface area contributed by atoms with Gasteiger partial charge in [0.2, 0.25) is 0 Å². The predicted molar refractivity (Wildman–Crippen MR) is 88.7 cm³/mol. The molecule has 3 nitrogen and oxygen atoms in total. The first kappa shape index (κ1) is 15.2. The minimum atomic E-state index is 0.487. The standard InChI is InChI=1S/C18H20ClNO2/c19-15-5-3-14(4-6-15)12-21-17-7-9-18(10-8-17)22-13-16-2-1-11-20-16/h3-10,16,20H,1-2,11-13H2. The first-order chi connectivity index (χ1) is 10.8. The van der Waals surface area contributed by atoms with Crippen LogP contribution in [0.25, 0.3) is 0 Å². The third kappa shape index (κ3) is 4.39. The maximum Gasteiger partial charge on any atom is 0.120 e. The van der Waals surface area contributed by atoms with Gasteiger partial charge in [-0.2, -0.15) is 0 Å². The molecule has 2 aromatic carbocycles. The molecule has 0 spiro atoms. The molecule has 0 radical (unpaired) electrons. The fraction of sp³-hybridized carbons (Fsp3) is 0.333. The van der Waals surface area contributed by atoms with E-state index in [0.29, 0.717) is 12.6 Å². The van der Waals surface area contributed by atoms with Crippen molar-refractivity contribution in [1.82, 2.24) is 5.32 Å². The molecule has 116 valence electrons. The Morgan fingerprint density at radius 1 is 0.955 bits per heavy atom. The molecule has 1 aliphatic rings. The third-order valence-corrected chi connectivity index (χ3v) is 4.01. The molecule has 1 N–H and O–H groups in total. The Labute approximate surface area is 136 Å². The molecule has 2 aromatic rings. The Morgan fingerprint density at radius 2 is 1.64 bits per heavy atom. The number of hydrogen-bond acceptors (Lipinski definition) is 3. The summed E-state index contributed by atoms with van der Waals surface area (Å²) in [5, 5.41) is 4.16. The Hall–Kier alpha value is -1.71. The molecule has 0 amide bonds. The quantitative estimate of drug-likeness (QED) is 0.872. The molecule has 0 saturated carbocycles. The predicted octanol–water partition coefficient (Wildman–Crippen LogP) is 4.05. The molecule has 1 aliphatic heterocycles. The summed E-state index contributed by atoms with van der Waals surface area (Å²) in [6.07, 6.45) is 2.44. The Kier molecular flexibility index (Phi) is 5.20. The van der Waals surface area contributed by atoms with Gasteiger partial charge in [0.05, 0.1) is 0 Å². The molecular formula is C18H20ClNO2. The highest BCUT2D eigenvalue weighted by molar-refractivity contribution is 6.30. The lowest BCUT2D eigenvalue weighted by atomic mass is 10.2. The summed E-state index contributed by atoms with van der Waals surface area (Å²) in [7, 11) is 0. The lowest BCUT2D eigenvalue weighted by Crippen LogP contribution is -2.28. The second kappa shape index (κ2) is 7.52. The van der Waals surface area contributed by atoms with Crippen LogP contribution >= 0.6 is 11.6 Å². The highest BCUT2D eigenvalue weighted by atomic mass is 35.5. The van der Waals surface area contributed by atoms with Crippen molar-refractivity contribution in [2.24, 2.45) is 0 Å². The van der Waals surface area contributed by atoms with Gasteiger partial charge in [0.15, 0.2) is 0 Å². The molecular weight excluding hydrogens is 298 g/mol. The molecule has 1 unspecified atom stereocenters. The van der Waals surface area contributed by atoms with E-state index in [-0.39, 0.29) is 0 Å². The van der Waals surface area contributed by atoms with Crippen molar-refractivity contribution in [1.29, 1.82) is 0 Å². The Morgan fingerprint density at radius 3 is 2.27 bits per heavy atom. The van der Waals surface area contributed by atoms with E-state index in [4.69, 9.17) is 21.1 Å². The van der Waals surface area contributed by atoms with E-state index in [1.165, 1.54) is 12.8 Å². The van der Waals surface area contributed by atoms with Crippen LogP contribution in [0.15, 0.2) is 48.5 Å². The summed E-state index contributed by atoms with van der Waals surface area (Å²) in [6.45, 7) is 2.36. The number of rotatable bonds is 6. The van der Waals surface area contributed by atoms with Gasteiger partial charge in [0.1, 0.15) is 24.7 Å².